The molecule has 1 aliphatic rings. The third kappa shape index (κ3) is 3.96. The van der Waals surface area contributed by atoms with Crippen LogP contribution in [0.3, 0.4) is 0 Å². The highest BCUT2D eigenvalue weighted by atomic mass is 79.9. The van der Waals surface area contributed by atoms with Crippen LogP contribution in [0.2, 0.25) is 5.02 Å². The predicted molar refractivity (Wildman–Crippen MR) is 125 cm³/mol. The van der Waals surface area contributed by atoms with Gasteiger partial charge in [0.2, 0.25) is 0 Å². The Hall–Kier alpha value is -1.67. The second kappa shape index (κ2) is 8.83. The third-order valence-corrected chi connectivity index (χ3v) is 7.01. The van der Waals surface area contributed by atoms with Crippen molar-refractivity contribution in [2.75, 3.05) is 20.4 Å². The van der Waals surface area contributed by atoms with Crippen LogP contribution in [0.5, 0.6) is 5.75 Å². The Balaban J connectivity index is 1.87. The molecule has 0 N–H and O–H groups in total. The van der Waals surface area contributed by atoms with Gasteiger partial charge in [-0.2, -0.15) is 0 Å². The quantitative estimate of drug-likeness (QED) is 0.319. The molecular weight excluding hydrogens is 488 g/mol. The van der Waals surface area contributed by atoms with Gasteiger partial charge in [-0.25, -0.2) is 4.79 Å². The van der Waals surface area contributed by atoms with Crippen LogP contribution in [0.15, 0.2) is 39.7 Å². The fourth-order valence-corrected chi connectivity index (χ4v) is 5.41. The van der Waals surface area contributed by atoms with Crippen molar-refractivity contribution in [3.05, 3.63) is 56.6 Å². The minimum absolute atomic E-state index is 0.299. The zero-order valence-corrected chi connectivity index (χ0v) is 20.2. The van der Waals surface area contributed by atoms with Crippen molar-refractivity contribution in [3.63, 3.8) is 0 Å². The monoisotopic (exact) mass is 508 g/mol. The molecule has 0 radical (unpaired) electrons. The molecule has 0 aliphatic carbocycles. The molecule has 1 aliphatic heterocycles. The van der Waals surface area contributed by atoms with Gasteiger partial charge in [-0.15, -0.1) is 11.8 Å². The molecule has 0 saturated carbocycles. The molecule has 8 heteroatoms. The molecule has 5 nitrogen and oxygen atoms in total. The van der Waals surface area contributed by atoms with Crippen molar-refractivity contribution in [2.45, 2.75) is 24.1 Å². The summed E-state index contributed by atoms with van der Waals surface area (Å²) < 4.78 is 14.4. The lowest BCUT2D eigenvalue weighted by Crippen LogP contribution is -2.28. The van der Waals surface area contributed by atoms with E-state index in [2.05, 4.69) is 25.4 Å². The fraction of sp³-hybridized carbons (Fsp3) is 0.318. The van der Waals surface area contributed by atoms with E-state index in [1.807, 2.05) is 51.4 Å². The summed E-state index contributed by atoms with van der Waals surface area (Å²) in [6.07, 6.45) is 0. The van der Waals surface area contributed by atoms with E-state index in [4.69, 9.17) is 21.1 Å². The zero-order chi connectivity index (χ0) is 21.4. The number of fused-ring (bicyclic) bond motifs is 3. The minimum Gasteiger partial charge on any atom is -0.477 e. The lowest BCUT2D eigenvalue weighted by molar-refractivity contribution is 0.0527. The van der Waals surface area contributed by atoms with Gasteiger partial charge in [-0.3, -0.25) is 4.90 Å². The molecule has 0 fully saturated rings. The molecule has 0 saturated heterocycles. The number of halogens is 2. The largest absolute Gasteiger partial charge is 0.477 e. The van der Waals surface area contributed by atoms with Gasteiger partial charge in [0.15, 0.2) is 0 Å². The summed E-state index contributed by atoms with van der Waals surface area (Å²) in [5.41, 5.74) is 3.54. The number of carbonyl (C=O) groups excluding carboxylic acids is 1. The minimum atomic E-state index is -0.299. The Morgan fingerprint density at radius 3 is 2.73 bits per heavy atom. The van der Waals surface area contributed by atoms with Crippen LogP contribution in [0.25, 0.3) is 10.9 Å². The number of aromatic nitrogens is 1. The van der Waals surface area contributed by atoms with Crippen molar-refractivity contribution in [1.29, 1.82) is 0 Å². The number of ether oxygens (including phenoxy) is 2. The van der Waals surface area contributed by atoms with Crippen molar-refractivity contribution in [1.82, 2.24) is 9.47 Å². The van der Waals surface area contributed by atoms with E-state index >= 15 is 0 Å². The SMILES string of the molecule is CCOC(=O)c1c(CSc2ccc(Cl)cc2)n(C)c2cc(Br)c3c(c12)CN(C)CO3. The summed E-state index contributed by atoms with van der Waals surface area (Å²) in [7, 11) is 4.00. The molecule has 0 bridgehead atoms. The topological polar surface area (TPSA) is 43.7 Å². The number of benzene rings is 2. The van der Waals surface area contributed by atoms with Crippen LogP contribution in [-0.2, 0) is 24.1 Å². The predicted octanol–water partition coefficient (Wildman–Crippen LogP) is 5.84. The summed E-state index contributed by atoms with van der Waals surface area (Å²) in [4.78, 5) is 16.2. The maximum atomic E-state index is 13.1. The van der Waals surface area contributed by atoms with Gasteiger partial charge in [0, 0.05) is 45.9 Å². The van der Waals surface area contributed by atoms with E-state index in [-0.39, 0.29) is 5.97 Å². The van der Waals surface area contributed by atoms with E-state index in [1.165, 1.54) is 0 Å². The van der Waals surface area contributed by atoms with Crippen LogP contribution in [0, 0.1) is 0 Å². The fourth-order valence-electron chi connectivity index (χ4n) is 3.74. The van der Waals surface area contributed by atoms with E-state index in [9.17, 15) is 4.79 Å². The van der Waals surface area contributed by atoms with Gasteiger partial charge in [0.05, 0.1) is 22.2 Å². The first kappa shape index (κ1) is 21.6. The maximum Gasteiger partial charge on any atom is 0.340 e. The van der Waals surface area contributed by atoms with Crippen LogP contribution in [-0.4, -0.2) is 35.8 Å². The number of nitrogens with zero attached hydrogens (tertiary/aromatic N) is 2. The van der Waals surface area contributed by atoms with Crippen molar-refractivity contribution in [3.8, 4) is 5.75 Å². The smallest absolute Gasteiger partial charge is 0.340 e. The molecule has 0 unspecified atom stereocenters. The number of thioether (sulfide) groups is 1. The van der Waals surface area contributed by atoms with Gasteiger partial charge in [-0.05, 0) is 60.2 Å². The van der Waals surface area contributed by atoms with Crippen molar-refractivity contribution < 1.29 is 14.3 Å². The maximum absolute atomic E-state index is 13.1. The first-order valence-electron chi connectivity index (χ1n) is 9.60. The van der Waals surface area contributed by atoms with Crippen molar-refractivity contribution in [2.24, 2.45) is 7.05 Å². The molecule has 2 aromatic carbocycles. The third-order valence-electron chi connectivity index (χ3n) is 5.14. The van der Waals surface area contributed by atoms with Crippen molar-refractivity contribution >= 4 is 56.2 Å². The molecule has 158 valence electrons. The Morgan fingerprint density at radius 1 is 1.30 bits per heavy atom. The standard InChI is InChI=1S/C22H22BrClN2O3S/c1-4-28-22(27)20-18(11-30-14-7-5-13(24)6-8-14)26(3)17-9-16(23)21-15(19(17)20)10-25(2)12-29-21/h5-9H,4,10-12H2,1-3H3. The summed E-state index contributed by atoms with van der Waals surface area (Å²) in [5, 5.41) is 1.61. The highest BCUT2D eigenvalue weighted by Crippen LogP contribution is 2.43. The first-order chi connectivity index (χ1) is 14.4. The number of hydrogen-bond acceptors (Lipinski definition) is 5. The second-order valence-electron chi connectivity index (χ2n) is 7.19. The molecule has 2 heterocycles. The van der Waals surface area contributed by atoms with Crippen LogP contribution in [0.4, 0.5) is 0 Å². The van der Waals surface area contributed by atoms with Crippen LogP contribution < -0.4 is 4.74 Å². The number of esters is 1. The summed E-state index contributed by atoms with van der Waals surface area (Å²) in [6, 6.07) is 9.75. The molecule has 0 amide bonds. The Kier molecular flexibility index (Phi) is 6.34. The van der Waals surface area contributed by atoms with Gasteiger partial charge < -0.3 is 14.0 Å². The highest BCUT2D eigenvalue weighted by Gasteiger charge is 2.29. The van der Waals surface area contributed by atoms with Gasteiger partial charge in [-0.1, -0.05) is 11.6 Å². The summed E-state index contributed by atoms with van der Waals surface area (Å²) >= 11 is 11.3. The molecule has 3 aromatic rings. The lowest BCUT2D eigenvalue weighted by atomic mass is 10.0. The van der Waals surface area contributed by atoms with E-state index < -0.39 is 0 Å². The molecule has 1 aromatic heterocycles. The lowest BCUT2D eigenvalue weighted by Gasteiger charge is -2.27. The number of carbonyl (C=O) groups is 1. The number of hydrogen-bond donors (Lipinski definition) is 0. The molecule has 0 spiro atoms. The van der Waals surface area contributed by atoms with Gasteiger partial charge in [0.25, 0.3) is 0 Å². The second-order valence-corrected chi connectivity index (χ2v) is 9.53. The Bertz CT molecular complexity index is 1110. The Labute approximate surface area is 193 Å². The number of rotatable bonds is 5. The molecular formula is C22H22BrClN2O3S. The van der Waals surface area contributed by atoms with E-state index in [1.54, 1.807) is 11.8 Å². The number of aryl methyl sites for hydroxylation is 1. The molecule has 30 heavy (non-hydrogen) atoms. The first-order valence-corrected chi connectivity index (χ1v) is 11.8. The zero-order valence-electron chi connectivity index (χ0n) is 17.0. The van der Waals surface area contributed by atoms with Crippen LogP contribution >= 0.6 is 39.3 Å². The normalized spacial score (nSPS) is 13.9. The van der Waals surface area contributed by atoms with Gasteiger partial charge in [0.1, 0.15) is 12.5 Å². The summed E-state index contributed by atoms with van der Waals surface area (Å²) in [5.74, 6) is 1.13. The average molecular weight is 510 g/mol. The van der Waals surface area contributed by atoms with E-state index in [0.717, 1.165) is 37.3 Å². The molecule has 0 atom stereocenters. The van der Waals surface area contributed by atoms with E-state index in [0.29, 0.717) is 36.2 Å². The molecule has 4 rings (SSSR count). The van der Waals surface area contributed by atoms with Crippen LogP contribution in [0.1, 0.15) is 28.5 Å². The Morgan fingerprint density at radius 2 is 2.03 bits per heavy atom. The summed E-state index contributed by atoms with van der Waals surface area (Å²) in [6.45, 7) is 3.37. The highest BCUT2D eigenvalue weighted by molar-refractivity contribution is 9.10. The average Bonchev–Trinajstić information content (AvgIpc) is 3.00. The van der Waals surface area contributed by atoms with Gasteiger partial charge >= 0.3 is 5.97 Å².